The van der Waals surface area contributed by atoms with Crippen LogP contribution in [0.1, 0.15) is 23.5 Å². The molecule has 0 bridgehead atoms. The molecule has 1 saturated heterocycles. The average Bonchev–Trinajstić information content (AvgIpc) is 2.90. The summed E-state index contributed by atoms with van der Waals surface area (Å²) in [4.78, 5) is 0. The molecule has 0 amide bonds. The first-order valence-electron chi connectivity index (χ1n) is 5.81. The van der Waals surface area contributed by atoms with Gasteiger partial charge in [0, 0.05) is 6.54 Å². The van der Waals surface area contributed by atoms with Crippen molar-refractivity contribution in [2.45, 2.75) is 19.0 Å². The first kappa shape index (κ1) is 12.2. The predicted octanol–water partition coefficient (Wildman–Crippen LogP) is 2.25. The molecule has 17 heavy (non-hydrogen) atoms. The van der Waals surface area contributed by atoms with Gasteiger partial charge in [-0.05, 0) is 42.1 Å². The van der Waals surface area contributed by atoms with E-state index in [0.717, 1.165) is 25.1 Å². The second-order valence-corrected chi connectivity index (χ2v) is 4.23. The summed E-state index contributed by atoms with van der Waals surface area (Å²) in [6.07, 6.45) is 1.04. The Morgan fingerprint density at radius 1 is 1.29 bits per heavy atom. The Hall–Kier alpha value is -1.29. The van der Waals surface area contributed by atoms with E-state index in [9.17, 15) is 4.39 Å². The van der Waals surface area contributed by atoms with Crippen LogP contribution in [-0.4, -0.2) is 27.3 Å². The van der Waals surface area contributed by atoms with Crippen molar-refractivity contribution < 1.29 is 13.9 Å². The van der Waals surface area contributed by atoms with Crippen LogP contribution in [-0.2, 0) is 6.67 Å². The van der Waals surface area contributed by atoms with Crippen molar-refractivity contribution in [2.75, 3.05) is 27.3 Å². The minimum atomic E-state index is -0.466. The Balaban J connectivity index is 2.41. The number of methoxy groups -OCH3 is 2. The number of rotatable bonds is 4. The number of ether oxygens (including phenoxy) is 2. The Kier molecular flexibility index (Phi) is 3.84. The van der Waals surface area contributed by atoms with Crippen molar-refractivity contribution in [3.63, 3.8) is 0 Å². The maximum atomic E-state index is 13.1. The van der Waals surface area contributed by atoms with Crippen molar-refractivity contribution in [3.05, 3.63) is 23.3 Å². The van der Waals surface area contributed by atoms with Gasteiger partial charge in [0.05, 0.1) is 14.2 Å². The van der Waals surface area contributed by atoms with E-state index in [0.29, 0.717) is 23.0 Å². The van der Waals surface area contributed by atoms with Crippen LogP contribution in [0.4, 0.5) is 4.39 Å². The molecule has 1 aromatic carbocycles. The Morgan fingerprint density at radius 2 is 2.00 bits per heavy atom. The SMILES string of the molecule is COc1cc(CF)c(C2CCNC2)cc1OC. The first-order chi connectivity index (χ1) is 8.30. The molecule has 2 rings (SSSR count). The largest absolute Gasteiger partial charge is 0.493 e. The fraction of sp³-hybridized carbons (Fsp3) is 0.538. The fourth-order valence-electron chi connectivity index (χ4n) is 2.35. The highest BCUT2D eigenvalue weighted by Crippen LogP contribution is 2.36. The number of halogens is 1. The molecular formula is C13H18FNO2. The molecule has 0 saturated carbocycles. The van der Waals surface area contributed by atoms with Crippen LogP contribution >= 0.6 is 0 Å². The minimum Gasteiger partial charge on any atom is -0.493 e. The molecule has 0 spiro atoms. The topological polar surface area (TPSA) is 30.5 Å². The lowest BCUT2D eigenvalue weighted by molar-refractivity contribution is 0.352. The summed E-state index contributed by atoms with van der Waals surface area (Å²) in [5, 5.41) is 3.29. The Labute approximate surface area is 101 Å². The molecule has 1 aliphatic heterocycles. The lowest BCUT2D eigenvalue weighted by Crippen LogP contribution is -2.09. The van der Waals surface area contributed by atoms with Gasteiger partial charge in [-0.15, -0.1) is 0 Å². The summed E-state index contributed by atoms with van der Waals surface area (Å²) >= 11 is 0. The van der Waals surface area contributed by atoms with Crippen molar-refractivity contribution in [1.82, 2.24) is 5.32 Å². The van der Waals surface area contributed by atoms with Crippen LogP contribution in [0.2, 0.25) is 0 Å². The molecule has 1 heterocycles. The summed E-state index contributed by atoms with van der Waals surface area (Å²) in [5.74, 6) is 1.64. The van der Waals surface area contributed by atoms with Crippen molar-refractivity contribution in [2.24, 2.45) is 0 Å². The van der Waals surface area contributed by atoms with Gasteiger partial charge in [0.2, 0.25) is 0 Å². The van der Waals surface area contributed by atoms with E-state index in [4.69, 9.17) is 9.47 Å². The maximum absolute atomic E-state index is 13.1. The molecular weight excluding hydrogens is 221 g/mol. The van der Waals surface area contributed by atoms with Crippen molar-refractivity contribution >= 4 is 0 Å². The monoisotopic (exact) mass is 239 g/mol. The first-order valence-corrected chi connectivity index (χ1v) is 5.81. The van der Waals surface area contributed by atoms with Crippen LogP contribution in [0.5, 0.6) is 11.5 Å². The van der Waals surface area contributed by atoms with Crippen molar-refractivity contribution in [3.8, 4) is 11.5 Å². The average molecular weight is 239 g/mol. The number of nitrogens with one attached hydrogen (secondary N) is 1. The summed E-state index contributed by atoms with van der Waals surface area (Å²) in [5.41, 5.74) is 1.74. The summed E-state index contributed by atoms with van der Waals surface area (Å²) < 4.78 is 23.5. The molecule has 1 aromatic rings. The van der Waals surface area contributed by atoms with Crippen LogP contribution in [0.15, 0.2) is 12.1 Å². The van der Waals surface area contributed by atoms with E-state index >= 15 is 0 Å². The number of alkyl halides is 1. The van der Waals surface area contributed by atoms with Gasteiger partial charge in [-0.25, -0.2) is 4.39 Å². The zero-order valence-corrected chi connectivity index (χ0v) is 10.3. The van der Waals surface area contributed by atoms with Crippen LogP contribution in [0, 0.1) is 0 Å². The Bertz CT molecular complexity index is 389. The highest BCUT2D eigenvalue weighted by Gasteiger charge is 2.21. The third-order valence-corrected chi connectivity index (χ3v) is 3.29. The standard InChI is InChI=1S/C13H18FNO2/c1-16-12-5-10(7-14)11(6-13(12)17-2)9-3-4-15-8-9/h5-6,9,15H,3-4,7-8H2,1-2H3. The third-order valence-electron chi connectivity index (χ3n) is 3.29. The lowest BCUT2D eigenvalue weighted by Gasteiger charge is -2.17. The van der Waals surface area contributed by atoms with E-state index in [1.165, 1.54) is 0 Å². The van der Waals surface area contributed by atoms with Gasteiger partial charge in [0.25, 0.3) is 0 Å². The maximum Gasteiger partial charge on any atom is 0.161 e. The van der Waals surface area contributed by atoms with Gasteiger partial charge in [-0.2, -0.15) is 0 Å². The molecule has 1 aliphatic rings. The second kappa shape index (κ2) is 5.36. The van der Waals surface area contributed by atoms with E-state index in [1.54, 1.807) is 20.3 Å². The minimum absolute atomic E-state index is 0.376. The zero-order valence-electron chi connectivity index (χ0n) is 10.3. The molecule has 1 N–H and O–H groups in total. The highest BCUT2D eigenvalue weighted by atomic mass is 19.1. The lowest BCUT2D eigenvalue weighted by atomic mass is 9.93. The van der Waals surface area contributed by atoms with Crippen LogP contribution in [0.25, 0.3) is 0 Å². The summed E-state index contributed by atoms with van der Waals surface area (Å²) in [6, 6.07) is 3.65. The van der Waals surface area contributed by atoms with Crippen molar-refractivity contribution in [1.29, 1.82) is 0 Å². The zero-order chi connectivity index (χ0) is 12.3. The smallest absolute Gasteiger partial charge is 0.161 e. The fourth-order valence-corrected chi connectivity index (χ4v) is 2.35. The third kappa shape index (κ3) is 2.36. The highest BCUT2D eigenvalue weighted by molar-refractivity contribution is 5.48. The Morgan fingerprint density at radius 3 is 2.53 bits per heavy atom. The molecule has 0 radical (unpaired) electrons. The number of hydrogen-bond acceptors (Lipinski definition) is 3. The molecule has 3 nitrogen and oxygen atoms in total. The van der Waals surface area contributed by atoms with Gasteiger partial charge in [0.1, 0.15) is 6.67 Å². The van der Waals surface area contributed by atoms with Crippen LogP contribution in [0.3, 0.4) is 0 Å². The van der Waals surface area contributed by atoms with E-state index in [-0.39, 0.29) is 0 Å². The van der Waals surface area contributed by atoms with E-state index < -0.39 is 6.67 Å². The molecule has 0 aliphatic carbocycles. The van der Waals surface area contributed by atoms with E-state index in [2.05, 4.69) is 5.32 Å². The van der Waals surface area contributed by atoms with Gasteiger partial charge in [0.15, 0.2) is 11.5 Å². The summed E-state index contributed by atoms with van der Waals surface area (Å²) in [6.45, 7) is 1.43. The quantitative estimate of drug-likeness (QED) is 0.874. The van der Waals surface area contributed by atoms with Gasteiger partial charge in [-0.3, -0.25) is 0 Å². The van der Waals surface area contributed by atoms with Crippen LogP contribution < -0.4 is 14.8 Å². The molecule has 4 heteroatoms. The molecule has 1 atom stereocenters. The molecule has 1 unspecified atom stereocenters. The van der Waals surface area contributed by atoms with E-state index in [1.807, 2.05) is 6.07 Å². The molecule has 1 fully saturated rings. The molecule has 94 valence electrons. The number of hydrogen-bond donors (Lipinski definition) is 1. The predicted molar refractivity (Wildman–Crippen MR) is 64.6 cm³/mol. The van der Waals surface area contributed by atoms with Gasteiger partial charge >= 0.3 is 0 Å². The van der Waals surface area contributed by atoms with Gasteiger partial charge in [-0.1, -0.05) is 0 Å². The molecule has 0 aromatic heterocycles. The second-order valence-electron chi connectivity index (χ2n) is 4.23. The van der Waals surface area contributed by atoms with Gasteiger partial charge < -0.3 is 14.8 Å². The summed E-state index contributed by atoms with van der Waals surface area (Å²) in [7, 11) is 3.17. The number of benzene rings is 1. The normalized spacial score (nSPS) is 19.4.